The van der Waals surface area contributed by atoms with E-state index in [1.807, 2.05) is 0 Å². The average Bonchev–Trinajstić information content (AvgIpc) is 2.93. The predicted octanol–water partition coefficient (Wildman–Crippen LogP) is 5.41. The lowest BCUT2D eigenvalue weighted by molar-refractivity contribution is 0.455. The molecule has 0 nitrogen and oxygen atoms in total. The third kappa shape index (κ3) is 1.44. The van der Waals surface area contributed by atoms with Crippen LogP contribution in [0, 0.1) is 29.6 Å². The Hall–Kier alpha value is -1.01. The van der Waals surface area contributed by atoms with Gasteiger partial charge >= 0.3 is 0 Å². The molecule has 3 fully saturated rings. The van der Waals surface area contributed by atoms with Crippen LogP contribution in [0.5, 0.6) is 0 Å². The Morgan fingerprint density at radius 1 is 0.900 bits per heavy atom. The molecule has 2 bridgehead atoms. The fourth-order valence-electron chi connectivity index (χ4n) is 5.48. The first kappa shape index (κ1) is 11.6. The smallest absolute Gasteiger partial charge is 0.0625 e. The summed E-state index contributed by atoms with van der Waals surface area (Å²) >= 11 is 6.94. The van der Waals surface area contributed by atoms with Gasteiger partial charge in [0.1, 0.15) is 0 Å². The molecule has 3 aliphatic rings. The molecule has 0 spiro atoms. The van der Waals surface area contributed by atoms with Crippen molar-refractivity contribution in [3.8, 4) is 0 Å². The lowest BCUT2D eigenvalue weighted by atomic mass is 9.94. The van der Waals surface area contributed by atoms with Gasteiger partial charge in [0.25, 0.3) is 0 Å². The van der Waals surface area contributed by atoms with Crippen molar-refractivity contribution in [1.29, 1.82) is 0 Å². The minimum atomic E-state index is 0.222. The maximum atomic E-state index is 6.94. The van der Waals surface area contributed by atoms with Gasteiger partial charge in [-0.15, -0.1) is 11.6 Å². The Morgan fingerprint density at radius 3 is 2.40 bits per heavy atom. The van der Waals surface area contributed by atoms with Gasteiger partial charge in [0, 0.05) is 0 Å². The SMILES string of the molecule is ClC(c1cccc2ccccc12)C1C2C3CCC(C3)C21. The molecule has 0 radical (unpaired) electrons. The molecule has 0 aliphatic heterocycles. The number of hydrogen-bond acceptors (Lipinski definition) is 0. The largest absolute Gasteiger partial charge is 0.117 e. The number of halogens is 1. The van der Waals surface area contributed by atoms with Crippen molar-refractivity contribution in [1.82, 2.24) is 0 Å². The summed E-state index contributed by atoms with van der Waals surface area (Å²) in [5.41, 5.74) is 1.36. The van der Waals surface area contributed by atoms with Crippen LogP contribution in [-0.2, 0) is 0 Å². The number of alkyl halides is 1. The molecule has 3 aliphatic carbocycles. The fraction of sp³-hybridized carbons (Fsp3) is 0.474. The number of hydrogen-bond donors (Lipinski definition) is 0. The zero-order chi connectivity index (χ0) is 13.3. The van der Waals surface area contributed by atoms with E-state index in [4.69, 9.17) is 11.6 Å². The second-order valence-corrected chi connectivity index (χ2v) is 7.51. The molecule has 0 N–H and O–H groups in total. The van der Waals surface area contributed by atoms with Gasteiger partial charge in [-0.05, 0) is 65.2 Å². The number of fused-ring (bicyclic) bond motifs is 6. The molecule has 0 aromatic heterocycles. The highest BCUT2D eigenvalue weighted by atomic mass is 35.5. The zero-order valence-electron chi connectivity index (χ0n) is 11.5. The van der Waals surface area contributed by atoms with E-state index in [1.165, 1.54) is 35.6 Å². The third-order valence-electron chi connectivity index (χ3n) is 6.25. The second kappa shape index (κ2) is 4.01. The summed E-state index contributed by atoms with van der Waals surface area (Å²) < 4.78 is 0. The summed E-state index contributed by atoms with van der Waals surface area (Å²) in [6, 6.07) is 15.3. The van der Waals surface area contributed by atoms with Gasteiger partial charge in [0.2, 0.25) is 0 Å². The van der Waals surface area contributed by atoms with Crippen molar-refractivity contribution in [2.45, 2.75) is 24.6 Å². The Bertz CT molecular complexity index is 655. The third-order valence-corrected chi connectivity index (χ3v) is 6.78. The minimum Gasteiger partial charge on any atom is -0.117 e. The van der Waals surface area contributed by atoms with Crippen molar-refractivity contribution >= 4 is 22.4 Å². The summed E-state index contributed by atoms with van der Waals surface area (Å²) in [6.07, 6.45) is 4.45. The van der Waals surface area contributed by atoms with Crippen LogP contribution < -0.4 is 0 Å². The first-order valence-electron chi connectivity index (χ1n) is 7.96. The molecular weight excluding hydrogens is 264 g/mol. The number of benzene rings is 2. The molecule has 102 valence electrons. The molecule has 0 saturated heterocycles. The summed E-state index contributed by atoms with van der Waals surface area (Å²) in [7, 11) is 0. The van der Waals surface area contributed by atoms with E-state index in [0.29, 0.717) is 0 Å². The molecule has 2 aromatic rings. The molecule has 5 unspecified atom stereocenters. The summed E-state index contributed by atoms with van der Waals surface area (Å²) in [5, 5.41) is 2.90. The highest BCUT2D eigenvalue weighted by Crippen LogP contribution is 2.73. The van der Waals surface area contributed by atoms with E-state index < -0.39 is 0 Å². The van der Waals surface area contributed by atoms with E-state index in [2.05, 4.69) is 42.5 Å². The monoisotopic (exact) mass is 282 g/mol. The highest BCUT2D eigenvalue weighted by Gasteiger charge is 2.66. The Kier molecular flexibility index (Phi) is 2.33. The zero-order valence-corrected chi connectivity index (χ0v) is 12.3. The molecular formula is C19H19Cl. The van der Waals surface area contributed by atoms with Crippen molar-refractivity contribution in [2.24, 2.45) is 29.6 Å². The lowest BCUT2D eigenvalue weighted by Gasteiger charge is -2.16. The highest BCUT2D eigenvalue weighted by molar-refractivity contribution is 6.22. The molecule has 20 heavy (non-hydrogen) atoms. The van der Waals surface area contributed by atoms with E-state index in [0.717, 1.165) is 29.6 Å². The number of rotatable bonds is 2. The van der Waals surface area contributed by atoms with Crippen LogP contribution in [0.1, 0.15) is 30.2 Å². The van der Waals surface area contributed by atoms with E-state index in [1.54, 1.807) is 0 Å². The van der Waals surface area contributed by atoms with Crippen molar-refractivity contribution in [3.63, 3.8) is 0 Å². The Morgan fingerprint density at radius 2 is 1.60 bits per heavy atom. The van der Waals surface area contributed by atoms with Crippen molar-refractivity contribution in [3.05, 3.63) is 48.0 Å². The van der Waals surface area contributed by atoms with Gasteiger partial charge in [-0.3, -0.25) is 0 Å². The summed E-state index contributed by atoms with van der Waals surface area (Å²) in [4.78, 5) is 0. The van der Waals surface area contributed by atoms with E-state index in [9.17, 15) is 0 Å². The maximum absolute atomic E-state index is 6.94. The molecule has 0 heterocycles. The van der Waals surface area contributed by atoms with Crippen LogP contribution in [0.3, 0.4) is 0 Å². The van der Waals surface area contributed by atoms with Crippen LogP contribution in [0.25, 0.3) is 10.8 Å². The van der Waals surface area contributed by atoms with Gasteiger partial charge in [0.15, 0.2) is 0 Å². The van der Waals surface area contributed by atoms with E-state index in [-0.39, 0.29) is 5.38 Å². The quantitative estimate of drug-likeness (QED) is 0.646. The Balaban J connectivity index is 1.53. The van der Waals surface area contributed by atoms with Gasteiger partial charge in [-0.1, -0.05) is 42.5 Å². The molecule has 0 amide bonds. The van der Waals surface area contributed by atoms with Gasteiger partial charge < -0.3 is 0 Å². The second-order valence-electron chi connectivity index (χ2n) is 7.04. The average molecular weight is 283 g/mol. The lowest BCUT2D eigenvalue weighted by Crippen LogP contribution is -2.04. The molecule has 2 aromatic carbocycles. The van der Waals surface area contributed by atoms with E-state index >= 15 is 0 Å². The topological polar surface area (TPSA) is 0 Å². The van der Waals surface area contributed by atoms with Crippen molar-refractivity contribution < 1.29 is 0 Å². The normalized spacial score (nSPS) is 39.0. The summed E-state index contributed by atoms with van der Waals surface area (Å²) in [6.45, 7) is 0. The first-order chi connectivity index (χ1) is 9.84. The standard InChI is InChI=1S/C19H19Cl/c20-19(18-16-12-8-9-13(10-12)17(16)18)15-7-3-5-11-4-1-2-6-14(11)15/h1-7,12-13,16-19H,8-10H2. The molecule has 5 atom stereocenters. The van der Waals surface area contributed by atoms with Crippen LogP contribution in [0.2, 0.25) is 0 Å². The first-order valence-corrected chi connectivity index (χ1v) is 8.40. The molecule has 3 saturated carbocycles. The fourth-order valence-corrected chi connectivity index (χ4v) is 6.01. The van der Waals surface area contributed by atoms with Crippen LogP contribution in [-0.4, -0.2) is 0 Å². The summed E-state index contributed by atoms with van der Waals surface area (Å²) in [5.74, 6) is 4.68. The van der Waals surface area contributed by atoms with Crippen LogP contribution >= 0.6 is 11.6 Å². The molecule has 1 heteroatoms. The predicted molar refractivity (Wildman–Crippen MR) is 83.8 cm³/mol. The van der Waals surface area contributed by atoms with Crippen LogP contribution in [0.4, 0.5) is 0 Å². The van der Waals surface area contributed by atoms with Crippen molar-refractivity contribution in [2.75, 3.05) is 0 Å². The minimum absolute atomic E-state index is 0.222. The Labute approximate surface area is 125 Å². The van der Waals surface area contributed by atoms with Gasteiger partial charge in [-0.2, -0.15) is 0 Å². The van der Waals surface area contributed by atoms with Crippen LogP contribution in [0.15, 0.2) is 42.5 Å². The maximum Gasteiger partial charge on any atom is 0.0625 e. The van der Waals surface area contributed by atoms with Gasteiger partial charge in [0.05, 0.1) is 5.38 Å². The van der Waals surface area contributed by atoms with Gasteiger partial charge in [-0.25, -0.2) is 0 Å². The molecule has 5 rings (SSSR count).